The van der Waals surface area contributed by atoms with Crippen molar-refractivity contribution < 1.29 is 0 Å². The van der Waals surface area contributed by atoms with Gasteiger partial charge in [-0.3, -0.25) is 0 Å². The molecule has 0 fully saturated rings. The molecule has 1 atom stereocenters. The predicted octanol–water partition coefficient (Wildman–Crippen LogP) is 8.41. The molecule has 3 nitrogen and oxygen atoms in total. The number of allylic oxidation sites excluding steroid dienone is 1. The molecule has 0 bridgehead atoms. The lowest BCUT2D eigenvalue weighted by Gasteiger charge is -2.18. The summed E-state index contributed by atoms with van der Waals surface area (Å²) in [7, 11) is 3.51. The number of anilines is 1. The Kier molecular flexibility index (Phi) is 8.24. The highest BCUT2D eigenvalue weighted by Gasteiger charge is 2.16. The second-order valence-corrected chi connectivity index (χ2v) is 9.62. The van der Waals surface area contributed by atoms with Crippen LogP contribution in [-0.4, -0.2) is 14.1 Å². The Morgan fingerprint density at radius 3 is 1.93 bits per heavy atom. The van der Waals surface area contributed by atoms with Gasteiger partial charge in [-0.15, -0.1) is 0 Å². The van der Waals surface area contributed by atoms with E-state index < -0.39 is 0 Å². The average Bonchev–Trinajstić information content (AvgIpc) is 3.04. The van der Waals surface area contributed by atoms with Gasteiger partial charge in [0.25, 0.3) is 0 Å². The van der Waals surface area contributed by atoms with Crippen LogP contribution in [0.25, 0.3) is 38.4 Å². The lowest BCUT2D eigenvalue weighted by Crippen LogP contribution is -2.04. The normalized spacial score (nSPS) is 12.0. The molecular formula is C37H35N3. The first kappa shape index (κ1) is 26.7. The Labute approximate surface area is 236 Å². The van der Waals surface area contributed by atoms with E-state index in [0.717, 1.165) is 16.9 Å². The third-order valence-corrected chi connectivity index (χ3v) is 7.33. The molecular weight excluding hydrogens is 486 g/mol. The second kappa shape index (κ2) is 12.3. The van der Waals surface area contributed by atoms with E-state index in [4.69, 9.17) is 5.73 Å². The number of fused-ring (bicyclic) bond motifs is 3. The summed E-state index contributed by atoms with van der Waals surface area (Å²) in [5, 5.41) is 8.43. The largest absolute Gasteiger partial charge is 0.398 e. The lowest BCUT2D eigenvalue weighted by molar-refractivity contribution is 1.03. The van der Waals surface area contributed by atoms with E-state index in [1.54, 1.807) is 0 Å². The molecule has 0 saturated heterocycles. The molecule has 0 amide bonds. The minimum Gasteiger partial charge on any atom is -0.398 e. The summed E-state index contributed by atoms with van der Waals surface area (Å²) in [5.41, 5.74) is 18.9. The van der Waals surface area contributed by atoms with Gasteiger partial charge < -0.3 is 16.8 Å². The van der Waals surface area contributed by atoms with Crippen LogP contribution in [-0.2, 0) is 0 Å². The molecule has 5 N–H and O–H groups in total. The van der Waals surface area contributed by atoms with Crippen LogP contribution in [0, 0.1) is 0 Å². The predicted molar refractivity (Wildman–Crippen MR) is 173 cm³/mol. The fraction of sp³-hybridized carbons (Fsp3) is 0.0811. The molecule has 3 heteroatoms. The zero-order chi connectivity index (χ0) is 27.9. The van der Waals surface area contributed by atoms with Crippen LogP contribution < -0.4 is 16.8 Å². The highest BCUT2D eigenvalue weighted by Crippen LogP contribution is 2.40. The molecule has 40 heavy (non-hydrogen) atoms. The minimum absolute atomic E-state index is 0.0379. The van der Waals surface area contributed by atoms with E-state index >= 15 is 0 Å². The van der Waals surface area contributed by atoms with Crippen molar-refractivity contribution in [3.63, 3.8) is 0 Å². The van der Waals surface area contributed by atoms with Gasteiger partial charge >= 0.3 is 0 Å². The molecule has 6 aromatic rings. The molecule has 198 valence electrons. The number of nitrogens with two attached hydrogens (primary N) is 2. The first-order chi connectivity index (χ1) is 19.7. The summed E-state index contributed by atoms with van der Waals surface area (Å²) in [6.07, 6.45) is 2.18. The highest BCUT2D eigenvalue weighted by atomic mass is 14.8. The SMILES string of the molecule is CN.CNc1c(-c2ccccc2)ccc2ccc3cc(C(/C=C(\N)c4ccccc4)c4ccccc4)ccc3c12. The molecule has 6 rings (SSSR count). The van der Waals surface area contributed by atoms with Gasteiger partial charge in [0.2, 0.25) is 0 Å². The zero-order valence-electron chi connectivity index (χ0n) is 23.0. The van der Waals surface area contributed by atoms with Crippen molar-refractivity contribution in [1.82, 2.24) is 0 Å². The summed E-state index contributed by atoms with van der Waals surface area (Å²) in [6, 6.07) is 47.1. The van der Waals surface area contributed by atoms with Crippen molar-refractivity contribution in [2.45, 2.75) is 5.92 Å². The number of hydrogen-bond acceptors (Lipinski definition) is 3. The van der Waals surface area contributed by atoms with Crippen molar-refractivity contribution in [3.05, 3.63) is 156 Å². The van der Waals surface area contributed by atoms with Crippen LogP contribution in [0.3, 0.4) is 0 Å². The highest BCUT2D eigenvalue weighted by molar-refractivity contribution is 6.16. The van der Waals surface area contributed by atoms with Crippen molar-refractivity contribution in [2.24, 2.45) is 11.5 Å². The van der Waals surface area contributed by atoms with Crippen LogP contribution >= 0.6 is 0 Å². The van der Waals surface area contributed by atoms with Gasteiger partial charge in [0, 0.05) is 29.6 Å². The molecule has 0 spiro atoms. The van der Waals surface area contributed by atoms with E-state index in [9.17, 15) is 0 Å². The van der Waals surface area contributed by atoms with Crippen molar-refractivity contribution in [3.8, 4) is 11.1 Å². The monoisotopic (exact) mass is 521 g/mol. The topological polar surface area (TPSA) is 64.1 Å². The fourth-order valence-electron chi connectivity index (χ4n) is 5.44. The maximum atomic E-state index is 6.62. The van der Waals surface area contributed by atoms with Gasteiger partial charge in [0.05, 0.1) is 5.69 Å². The number of hydrogen-bond donors (Lipinski definition) is 3. The van der Waals surface area contributed by atoms with Crippen molar-refractivity contribution >= 4 is 32.9 Å². The van der Waals surface area contributed by atoms with Crippen LogP contribution in [0.5, 0.6) is 0 Å². The second-order valence-electron chi connectivity index (χ2n) is 9.62. The standard InChI is InChI=1S/C36H30N2.CH5N/c1-38-36-32(25-11-5-2-6-12-25)22-19-28-17-18-29-23-30(20-21-31(29)35(28)36)33(26-13-7-3-8-14-26)24-34(37)27-15-9-4-10-16-27;1-2/h2-24,33,38H,37H2,1H3;2H2,1H3/b34-24-;. The fourth-order valence-corrected chi connectivity index (χ4v) is 5.44. The van der Waals surface area contributed by atoms with Crippen molar-refractivity contribution in [1.29, 1.82) is 0 Å². The molecule has 0 radical (unpaired) electrons. The van der Waals surface area contributed by atoms with Crippen LogP contribution in [0.15, 0.2) is 140 Å². The van der Waals surface area contributed by atoms with E-state index in [-0.39, 0.29) is 5.92 Å². The molecule has 0 aliphatic carbocycles. The Bertz CT molecular complexity index is 1740. The average molecular weight is 522 g/mol. The van der Waals surface area contributed by atoms with Gasteiger partial charge in [-0.2, -0.15) is 0 Å². The van der Waals surface area contributed by atoms with E-state index in [1.807, 2.05) is 25.2 Å². The Morgan fingerprint density at radius 1 is 0.650 bits per heavy atom. The van der Waals surface area contributed by atoms with Gasteiger partial charge in [-0.1, -0.05) is 133 Å². The maximum Gasteiger partial charge on any atom is 0.0503 e. The Balaban J connectivity index is 0.00000158. The number of nitrogens with one attached hydrogen (secondary N) is 1. The van der Waals surface area contributed by atoms with Crippen LogP contribution in [0.2, 0.25) is 0 Å². The minimum atomic E-state index is 0.0379. The van der Waals surface area contributed by atoms with Gasteiger partial charge in [0.1, 0.15) is 0 Å². The molecule has 0 heterocycles. The van der Waals surface area contributed by atoms with Gasteiger partial charge in [-0.25, -0.2) is 0 Å². The van der Waals surface area contributed by atoms with Gasteiger partial charge in [0.15, 0.2) is 0 Å². The lowest BCUT2D eigenvalue weighted by atomic mass is 9.87. The molecule has 1 unspecified atom stereocenters. The molecule has 0 aliphatic heterocycles. The van der Waals surface area contributed by atoms with Gasteiger partial charge in [-0.05, 0) is 51.5 Å². The molecule has 0 aromatic heterocycles. The van der Waals surface area contributed by atoms with Crippen molar-refractivity contribution in [2.75, 3.05) is 19.4 Å². The van der Waals surface area contributed by atoms with Crippen LogP contribution in [0.1, 0.15) is 22.6 Å². The summed E-state index contributed by atoms with van der Waals surface area (Å²) in [6.45, 7) is 0. The summed E-state index contributed by atoms with van der Waals surface area (Å²) >= 11 is 0. The number of rotatable bonds is 6. The van der Waals surface area contributed by atoms with E-state index in [1.165, 1.54) is 50.8 Å². The zero-order valence-corrected chi connectivity index (χ0v) is 23.0. The Hall–Kier alpha value is -4.86. The summed E-state index contributed by atoms with van der Waals surface area (Å²) in [4.78, 5) is 0. The first-order valence-electron chi connectivity index (χ1n) is 13.6. The molecule has 0 aliphatic rings. The quantitative estimate of drug-likeness (QED) is 0.193. The smallest absolute Gasteiger partial charge is 0.0503 e. The third kappa shape index (κ3) is 5.33. The molecule has 6 aromatic carbocycles. The maximum absolute atomic E-state index is 6.62. The summed E-state index contributed by atoms with van der Waals surface area (Å²) in [5.74, 6) is 0.0379. The third-order valence-electron chi connectivity index (χ3n) is 7.33. The first-order valence-corrected chi connectivity index (χ1v) is 13.6. The van der Waals surface area contributed by atoms with E-state index in [2.05, 4.69) is 132 Å². The van der Waals surface area contributed by atoms with Crippen LogP contribution in [0.4, 0.5) is 5.69 Å². The Morgan fingerprint density at radius 2 is 1.25 bits per heavy atom. The number of benzene rings is 6. The summed E-state index contributed by atoms with van der Waals surface area (Å²) < 4.78 is 0. The van der Waals surface area contributed by atoms with E-state index in [0.29, 0.717) is 0 Å². The molecule has 0 saturated carbocycles.